The SMILES string of the molecule is CCOC(=O)CCNC(C)c1nccs1. The van der Waals surface area contributed by atoms with Crippen LogP contribution in [0.4, 0.5) is 0 Å². The second kappa shape index (κ2) is 6.53. The summed E-state index contributed by atoms with van der Waals surface area (Å²) in [5.41, 5.74) is 0. The second-order valence-electron chi connectivity index (χ2n) is 3.10. The minimum atomic E-state index is -0.156. The predicted octanol–water partition coefficient (Wildman–Crippen LogP) is 1.75. The third-order valence-corrected chi connectivity index (χ3v) is 2.87. The van der Waals surface area contributed by atoms with Gasteiger partial charge in [0.2, 0.25) is 0 Å². The zero-order chi connectivity index (χ0) is 11.1. The van der Waals surface area contributed by atoms with E-state index in [0.717, 1.165) is 5.01 Å². The molecular formula is C10H16N2O2S. The lowest BCUT2D eigenvalue weighted by Gasteiger charge is -2.10. The number of rotatable bonds is 6. The minimum absolute atomic E-state index is 0.156. The van der Waals surface area contributed by atoms with Crippen LogP contribution in [0.1, 0.15) is 31.3 Å². The zero-order valence-corrected chi connectivity index (χ0v) is 9.84. The number of nitrogens with one attached hydrogen (secondary N) is 1. The average Bonchev–Trinajstić information content (AvgIpc) is 2.70. The number of esters is 1. The topological polar surface area (TPSA) is 51.2 Å². The average molecular weight is 228 g/mol. The van der Waals surface area contributed by atoms with Crippen LogP contribution in [0.2, 0.25) is 0 Å². The summed E-state index contributed by atoms with van der Waals surface area (Å²) in [7, 11) is 0. The lowest BCUT2D eigenvalue weighted by Crippen LogP contribution is -2.22. The molecule has 1 unspecified atom stereocenters. The Hall–Kier alpha value is -0.940. The highest BCUT2D eigenvalue weighted by Crippen LogP contribution is 2.14. The van der Waals surface area contributed by atoms with Gasteiger partial charge in [-0.1, -0.05) is 0 Å². The maximum Gasteiger partial charge on any atom is 0.307 e. The molecular weight excluding hydrogens is 212 g/mol. The molecule has 0 amide bonds. The Morgan fingerprint density at radius 1 is 1.73 bits per heavy atom. The number of nitrogens with zero attached hydrogens (tertiary/aromatic N) is 1. The molecule has 1 rings (SSSR count). The second-order valence-corrected chi connectivity index (χ2v) is 4.03. The van der Waals surface area contributed by atoms with E-state index in [1.54, 1.807) is 17.5 Å². The molecule has 84 valence electrons. The fraction of sp³-hybridized carbons (Fsp3) is 0.600. The van der Waals surface area contributed by atoms with Crippen molar-refractivity contribution in [3.63, 3.8) is 0 Å². The Bertz CT molecular complexity index is 288. The van der Waals surface area contributed by atoms with Gasteiger partial charge in [0, 0.05) is 18.1 Å². The monoisotopic (exact) mass is 228 g/mol. The molecule has 0 spiro atoms. The van der Waals surface area contributed by atoms with Gasteiger partial charge in [-0.25, -0.2) is 4.98 Å². The first-order valence-electron chi connectivity index (χ1n) is 5.02. The van der Waals surface area contributed by atoms with Gasteiger partial charge in [0.1, 0.15) is 5.01 Å². The Kier molecular flexibility index (Phi) is 5.28. The van der Waals surface area contributed by atoms with Crippen molar-refractivity contribution in [3.05, 3.63) is 16.6 Å². The summed E-state index contributed by atoms with van der Waals surface area (Å²) in [6.07, 6.45) is 2.19. The molecule has 0 radical (unpaired) electrons. The van der Waals surface area contributed by atoms with E-state index in [-0.39, 0.29) is 12.0 Å². The van der Waals surface area contributed by atoms with Gasteiger partial charge < -0.3 is 10.1 Å². The van der Waals surface area contributed by atoms with Gasteiger partial charge in [-0.15, -0.1) is 11.3 Å². The molecule has 0 aliphatic heterocycles. The summed E-state index contributed by atoms with van der Waals surface area (Å²) in [5, 5.41) is 6.21. The van der Waals surface area contributed by atoms with Crippen LogP contribution in [0.25, 0.3) is 0 Å². The first kappa shape index (κ1) is 12.1. The molecule has 0 aliphatic rings. The molecule has 1 heterocycles. The van der Waals surface area contributed by atoms with Crippen LogP contribution in [0.5, 0.6) is 0 Å². The van der Waals surface area contributed by atoms with E-state index in [1.807, 2.05) is 19.2 Å². The first-order valence-corrected chi connectivity index (χ1v) is 5.90. The molecule has 15 heavy (non-hydrogen) atoms. The fourth-order valence-electron chi connectivity index (χ4n) is 1.16. The maximum atomic E-state index is 11.0. The molecule has 1 aromatic rings. The highest BCUT2D eigenvalue weighted by Gasteiger charge is 2.08. The van der Waals surface area contributed by atoms with Crippen LogP contribution in [-0.2, 0) is 9.53 Å². The first-order chi connectivity index (χ1) is 7.24. The van der Waals surface area contributed by atoms with Crippen LogP contribution in [0.3, 0.4) is 0 Å². The molecule has 0 bridgehead atoms. The normalized spacial score (nSPS) is 12.4. The number of thiazole rings is 1. The van der Waals surface area contributed by atoms with Crippen LogP contribution in [-0.4, -0.2) is 24.1 Å². The zero-order valence-electron chi connectivity index (χ0n) is 9.03. The van der Waals surface area contributed by atoms with E-state index in [0.29, 0.717) is 19.6 Å². The van der Waals surface area contributed by atoms with Crippen LogP contribution in [0, 0.1) is 0 Å². The van der Waals surface area contributed by atoms with Crippen molar-refractivity contribution in [1.29, 1.82) is 0 Å². The van der Waals surface area contributed by atoms with Crippen LogP contribution < -0.4 is 5.32 Å². The minimum Gasteiger partial charge on any atom is -0.466 e. The summed E-state index contributed by atoms with van der Waals surface area (Å²) in [6.45, 7) is 4.91. The van der Waals surface area contributed by atoms with E-state index >= 15 is 0 Å². The molecule has 0 aromatic carbocycles. The van der Waals surface area contributed by atoms with E-state index in [4.69, 9.17) is 4.74 Å². The van der Waals surface area contributed by atoms with Gasteiger partial charge in [0.05, 0.1) is 19.1 Å². The van der Waals surface area contributed by atoms with Gasteiger partial charge in [0.15, 0.2) is 0 Å². The Balaban J connectivity index is 2.18. The lowest BCUT2D eigenvalue weighted by molar-refractivity contribution is -0.143. The quantitative estimate of drug-likeness (QED) is 0.754. The Morgan fingerprint density at radius 3 is 3.13 bits per heavy atom. The standard InChI is InChI=1S/C10H16N2O2S/c1-3-14-9(13)4-5-11-8(2)10-12-6-7-15-10/h6-8,11H,3-5H2,1-2H3. The Morgan fingerprint density at radius 2 is 2.53 bits per heavy atom. The van der Waals surface area contributed by atoms with Crippen LogP contribution in [0.15, 0.2) is 11.6 Å². The van der Waals surface area contributed by atoms with Crippen molar-refractivity contribution in [2.24, 2.45) is 0 Å². The molecule has 0 saturated heterocycles. The summed E-state index contributed by atoms with van der Waals surface area (Å²) >= 11 is 1.61. The number of hydrogen-bond donors (Lipinski definition) is 1. The number of carbonyl (C=O) groups is 1. The van der Waals surface area contributed by atoms with Gasteiger partial charge >= 0.3 is 5.97 Å². The molecule has 1 aromatic heterocycles. The molecule has 4 nitrogen and oxygen atoms in total. The van der Waals surface area contributed by atoms with E-state index in [2.05, 4.69) is 10.3 Å². The molecule has 0 fully saturated rings. The van der Waals surface area contributed by atoms with Crippen molar-refractivity contribution in [3.8, 4) is 0 Å². The van der Waals surface area contributed by atoms with Gasteiger partial charge in [0.25, 0.3) is 0 Å². The van der Waals surface area contributed by atoms with Gasteiger partial charge in [-0.2, -0.15) is 0 Å². The van der Waals surface area contributed by atoms with Crippen molar-refractivity contribution in [2.45, 2.75) is 26.3 Å². The highest BCUT2D eigenvalue weighted by atomic mass is 32.1. The molecule has 1 atom stereocenters. The molecule has 0 aliphatic carbocycles. The smallest absolute Gasteiger partial charge is 0.307 e. The summed E-state index contributed by atoms with van der Waals surface area (Å²) in [6, 6.07) is 0.194. The lowest BCUT2D eigenvalue weighted by atomic mass is 10.3. The third-order valence-electron chi connectivity index (χ3n) is 1.91. The van der Waals surface area contributed by atoms with Gasteiger partial charge in [-0.3, -0.25) is 4.79 Å². The predicted molar refractivity (Wildman–Crippen MR) is 59.8 cm³/mol. The number of hydrogen-bond acceptors (Lipinski definition) is 5. The van der Waals surface area contributed by atoms with Crippen molar-refractivity contribution >= 4 is 17.3 Å². The Labute approximate surface area is 93.7 Å². The van der Waals surface area contributed by atoms with Crippen molar-refractivity contribution in [2.75, 3.05) is 13.2 Å². The summed E-state index contributed by atoms with van der Waals surface area (Å²) < 4.78 is 4.82. The third kappa shape index (κ3) is 4.40. The summed E-state index contributed by atoms with van der Waals surface area (Å²) in [5.74, 6) is -0.156. The highest BCUT2D eigenvalue weighted by molar-refractivity contribution is 7.09. The molecule has 5 heteroatoms. The number of carbonyl (C=O) groups excluding carboxylic acids is 1. The largest absolute Gasteiger partial charge is 0.466 e. The van der Waals surface area contributed by atoms with Crippen molar-refractivity contribution in [1.82, 2.24) is 10.3 Å². The van der Waals surface area contributed by atoms with E-state index < -0.39 is 0 Å². The fourth-order valence-corrected chi connectivity index (χ4v) is 1.83. The van der Waals surface area contributed by atoms with E-state index in [1.165, 1.54) is 0 Å². The van der Waals surface area contributed by atoms with Crippen molar-refractivity contribution < 1.29 is 9.53 Å². The van der Waals surface area contributed by atoms with Crippen LogP contribution >= 0.6 is 11.3 Å². The molecule has 1 N–H and O–H groups in total. The number of ether oxygens (including phenoxy) is 1. The summed E-state index contributed by atoms with van der Waals surface area (Å²) in [4.78, 5) is 15.2. The van der Waals surface area contributed by atoms with E-state index in [9.17, 15) is 4.79 Å². The molecule has 0 saturated carbocycles. The number of aromatic nitrogens is 1. The van der Waals surface area contributed by atoms with Gasteiger partial charge in [-0.05, 0) is 13.8 Å². The maximum absolute atomic E-state index is 11.0.